The number of hydrogen-bond donors (Lipinski definition) is 0. The lowest BCUT2D eigenvalue weighted by Gasteiger charge is -2.11. The summed E-state index contributed by atoms with van der Waals surface area (Å²) in [5.74, 6) is 0.852. The van der Waals surface area contributed by atoms with E-state index in [9.17, 15) is 14.0 Å². The van der Waals surface area contributed by atoms with Gasteiger partial charge in [-0.1, -0.05) is 11.2 Å². The third-order valence-corrected chi connectivity index (χ3v) is 4.75. The molecule has 6 heteroatoms. The summed E-state index contributed by atoms with van der Waals surface area (Å²) in [6, 6.07) is 13.0. The molecular formula is C22H18FNO4. The first-order valence-electron chi connectivity index (χ1n) is 9.08. The van der Waals surface area contributed by atoms with E-state index >= 15 is 0 Å². The molecule has 3 aromatic rings. The van der Waals surface area contributed by atoms with Gasteiger partial charge in [0.1, 0.15) is 17.3 Å². The highest BCUT2D eigenvalue weighted by Crippen LogP contribution is 2.33. The maximum atomic E-state index is 13.8. The SMILES string of the molecule is CC(Oc1ccc(C(=O)C2CC2)cc1)c1cc(-c2ccc(C=O)c(F)c2)no1. The van der Waals surface area contributed by atoms with Crippen molar-refractivity contribution >= 4 is 12.1 Å². The minimum atomic E-state index is -0.609. The first-order chi connectivity index (χ1) is 13.5. The molecule has 1 aliphatic carbocycles. The first kappa shape index (κ1) is 18.1. The minimum absolute atomic E-state index is 0.00668. The van der Waals surface area contributed by atoms with E-state index in [1.54, 1.807) is 36.4 Å². The molecule has 28 heavy (non-hydrogen) atoms. The molecule has 1 heterocycles. The third-order valence-electron chi connectivity index (χ3n) is 4.75. The van der Waals surface area contributed by atoms with Crippen molar-refractivity contribution in [1.29, 1.82) is 0 Å². The number of ether oxygens (including phenoxy) is 1. The average Bonchev–Trinajstić information content (AvgIpc) is 3.44. The van der Waals surface area contributed by atoms with E-state index in [2.05, 4.69) is 5.16 Å². The van der Waals surface area contributed by atoms with Gasteiger partial charge >= 0.3 is 0 Å². The van der Waals surface area contributed by atoms with Gasteiger partial charge in [-0.2, -0.15) is 0 Å². The van der Waals surface area contributed by atoms with Crippen molar-refractivity contribution in [2.24, 2.45) is 5.92 Å². The Hall–Kier alpha value is -3.28. The third kappa shape index (κ3) is 3.71. The molecule has 0 amide bonds. The summed E-state index contributed by atoms with van der Waals surface area (Å²) in [5.41, 5.74) is 1.65. The molecule has 0 spiro atoms. The average molecular weight is 379 g/mol. The lowest BCUT2D eigenvalue weighted by Crippen LogP contribution is -2.03. The van der Waals surface area contributed by atoms with Crippen LogP contribution in [0.1, 0.15) is 52.3 Å². The number of aromatic nitrogens is 1. The summed E-state index contributed by atoms with van der Waals surface area (Å²) in [4.78, 5) is 22.8. The molecule has 5 nitrogen and oxygen atoms in total. The van der Waals surface area contributed by atoms with Gasteiger partial charge < -0.3 is 9.26 Å². The number of hydrogen-bond acceptors (Lipinski definition) is 5. The van der Waals surface area contributed by atoms with Crippen LogP contribution in [0.25, 0.3) is 11.3 Å². The molecular weight excluding hydrogens is 361 g/mol. The van der Waals surface area contributed by atoms with Gasteiger partial charge in [0.05, 0.1) is 5.56 Å². The van der Waals surface area contributed by atoms with Crippen molar-refractivity contribution < 1.29 is 23.2 Å². The Morgan fingerprint density at radius 3 is 2.61 bits per heavy atom. The number of carbonyl (C=O) groups excluding carboxylic acids is 2. The number of aldehydes is 1. The van der Waals surface area contributed by atoms with Crippen LogP contribution in [0.3, 0.4) is 0 Å². The van der Waals surface area contributed by atoms with Crippen molar-refractivity contribution in [1.82, 2.24) is 5.16 Å². The highest BCUT2D eigenvalue weighted by Gasteiger charge is 2.30. The molecule has 0 radical (unpaired) electrons. The molecule has 1 aliphatic rings. The number of benzene rings is 2. The number of rotatable bonds is 7. The Labute approximate surface area is 161 Å². The number of nitrogens with zero attached hydrogens (tertiary/aromatic N) is 1. The summed E-state index contributed by atoms with van der Waals surface area (Å²) in [5, 5.41) is 3.95. The highest BCUT2D eigenvalue weighted by atomic mass is 19.1. The van der Waals surface area contributed by atoms with Crippen molar-refractivity contribution in [3.05, 3.63) is 71.2 Å². The first-order valence-corrected chi connectivity index (χ1v) is 9.08. The summed E-state index contributed by atoms with van der Waals surface area (Å²) < 4.78 is 25.0. The smallest absolute Gasteiger partial charge is 0.177 e. The molecule has 0 saturated heterocycles. The maximum Gasteiger partial charge on any atom is 0.177 e. The Bertz CT molecular complexity index is 1020. The number of carbonyl (C=O) groups is 2. The van der Waals surface area contributed by atoms with Gasteiger partial charge in [-0.05, 0) is 56.2 Å². The molecule has 2 aromatic carbocycles. The normalized spacial score (nSPS) is 14.5. The van der Waals surface area contributed by atoms with Crippen LogP contribution in [0.4, 0.5) is 4.39 Å². The Balaban J connectivity index is 1.45. The minimum Gasteiger partial charge on any atom is -0.483 e. The molecule has 1 saturated carbocycles. The predicted molar refractivity (Wildman–Crippen MR) is 99.8 cm³/mol. The molecule has 4 rings (SSSR count). The second-order valence-corrected chi connectivity index (χ2v) is 6.89. The van der Waals surface area contributed by atoms with Gasteiger partial charge in [0.25, 0.3) is 0 Å². The largest absolute Gasteiger partial charge is 0.483 e. The summed E-state index contributed by atoms with van der Waals surface area (Å²) in [7, 11) is 0. The Kier molecular flexibility index (Phi) is 4.77. The molecule has 0 bridgehead atoms. The van der Waals surface area contributed by atoms with E-state index in [-0.39, 0.29) is 17.3 Å². The van der Waals surface area contributed by atoms with Gasteiger partial charge in [-0.3, -0.25) is 9.59 Å². The number of Topliss-reactive ketones (excluding diaryl/α,β-unsaturated/α-hetero) is 1. The van der Waals surface area contributed by atoms with Gasteiger partial charge in [0, 0.05) is 23.1 Å². The summed E-state index contributed by atoms with van der Waals surface area (Å²) in [6.07, 6.45) is 1.99. The van der Waals surface area contributed by atoms with E-state index in [1.165, 1.54) is 12.1 Å². The van der Waals surface area contributed by atoms with E-state index in [4.69, 9.17) is 9.26 Å². The topological polar surface area (TPSA) is 69.4 Å². The van der Waals surface area contributed by atoms with Crippen LogP contribution >= 0.6 is 0 Å². The van der Waals surface area contributed by atoms with Gasteiger partial charge in [-0.25, -0.2) is 4.39 Å². The van der Waals surface area contributed by atoms with E-state index in [1.807, 2.05) is 6.92 Å². The maximum absolute atomic E-state index is 13.8. The van der Waals surface area contributed by atoms with Crippen LogP contribution in [-0.2, 0) is 0 Å². The van der Waals surface area contributed by atoms with Crippen LogP contribution in [0.15, 0.2) is 53.1 Å². The number of ketones is 1. The molecule has 1 unspecified atom stereocenters. The lowest BCUT2D eigenvalue weighted by molar-refractivity contribution is 0.0967. The molecule has 1 atom stereocenters. The second-order valence-electron chi connectivity index (χ2n) is 6.89. The molecule has 142 valence electrons. The van der Waals surface area contributed by atoms with Crippen LogP contribution in [0.2, 0.25) is 0 Å². The summed E-state index contributed by atoms with van der Waals surface area (Å²) >= 11 is 0. The predicted octanol–water partition coefficient (Wildman–Crippen LogP) is 5.03. The van der Waals surface area contributed by atoms with E-state index < -0.39 is 11.9 Å². The standard InChI is InChI=1S/C22H18FNO4/c1-13(27-18-8-6-15(7-9-18)22(26)14-2-3-14)21-11-20(24-28-21)16-4-5-17(12-25)19(23)10-16/h4-14H,2-3H2,1H3. The zero-order chi connectivity index (χ0) is 19.7. The Morgan fingerprint density at radius 1 is 1.21 bits per heavy atom. The van der Waals surface area contributed by atoms with Crippen molar-refractivity contribution in [2.75, 3.05) is 0 Å². The lowest BCUT2D eigenvalue weighted by atomic mass is 10.1. The van der Waals surface area contributed by atoms with Crippen LogP contribution < -0.4 is 4.74 Å². The monoisotopic (exact) mass is 379 g/mol. The fraction of sp³-hybridized carbons (Fsp3) is 0.227. The zero-order valence-electron chi connectivity index (χ0n) is 15.2. The van der Waals surface area contributed by atoms with Gasteiger partial charge in [-0.15, -0.1) is 0 Å². The summed E-state index contributed by atoms with van der Waals surface area (Å²) in [6.45, 7) is 1.81. The highest BCUT2D eigenvalue weighted by molar-refractivity contribution is 5.99. The Morgan fingerprint density at radius 2 is 1.96 bits per heavy atom. The zero-order valence-corrected chi connectivity index (χ0v) is 15.2. The fourth-order valence-corrected chi connectivity index (χ4v) is 2.94. The van der Waals surface area contributed by atoms with Gasteiger partial charge in [0.15, 0.2) is 23.9 Å². The number of halogens is 1. The molecule has 1 aromatic heterocycles. The fourth-order valence-electron chi connectivity index (χ4n) is 2.94. The van der Waals surface area contributed by atoms with Crippen molar-refractivity contribution in [3.63, 3.8) is 0 Å². The second kappa shape index (κ2) is 7.38. The van der Waals surface area contributed by atoms with Crippen molar-refractivity contribution in [2.45, 2.75) is 25.9 Å². The van der Waals surface area contributed by atoms with Gasteiger partial charge in [0.2, 0.25) is 0 Å². The van der Waals surface area contributed by atoms with Crippen molar-refractivity contribution in [3.8, 4) is 17.0 Å². The van der Waals surface area contributed by atoms with E-state index in [0.29, 0.717) is 34.6 Å². The molecule has 1 fully saturated rings. The molecule has 0 aliphatic heterocycles. The molecule has 0 N–H and O–H groups in total. The van der Waals surface area contributed by atoms with E-state index in [0.717, 1.165) is 12.8 Å². The van der Waals surface area contributed by atoms with Crippen LogP contribution in [-0.4, -0.2) is 17.2 Å². The van der Waals surface area contributed by atoms with Crippen LogP contribution in [0, 0.1) is 11.7 Å². The van der Waals surface area contributed by atoms with Crippen LogP contribution in [0.5, 0.6) is 5.75 Å². The quantitative estimate of drug-likeness (QED) is 0.426.